The first-order valence-electron chi connectivity index (χ1n) is 11.1. The predicted octanol–water partition coefficient (Wildman–Crippen LogP) is 4.18. The summed E-state index contributed by atoms with van der Waals surface area (Å²) >= 11 is 7.95. The highest BCUT2D eigenvalue weighted by molar-refractivity contribution is 7.98. The van der Waals surface area contributed by atoms with E-state index in [-0.39, 0.29) is 11.0 Å². The number of benzene rings is 2. The third kappa shape index (κ3) is 4.94. The molecule has 3 aromatic rings. The zero-order valence-corrected chi connectivity index (χ0v) is 20.5. The molecule has 2 saturated heterocycles. The molecule has 0 bridgehead atoms. The van der Waals surface area contributed by atoms with E-state index in [2.05, 4.69) is 4.57 Å². The molecule has 0 radical (unpaired) electrons. The van der Waals surface area contributed by atoms with Gasteiger partial charge in [0.1, 0.15) is 0 Å². The second kappa shape index (κ2) is 9.93. The van der Waals surface area contributed by atoms with Crippen LogP contribution in [0.4, 0.5) is 0 Å². The third-order valence-corrected chi connectivity index (χ3v) is 9.31. The summed E-state index contributed by atoms with van der Waals surface area (Å²) in [6.07, 6.45) is 2.21. The summed E-state index contributed by atoms with van der Waals surface area (Å²) in [5, 5.41) is 1.56. The molecule has 10 heteroatoms. The Bertz CT molecular complexity index is 1240. The molecule has 33 heavy (non-hydrogen) atoms. The number of imidazole rings is 1. The van der Waals surface area contributed by atoms with Gasteiger partial charge >= 0.3 is 0 Å². The van der Waals surface area contributed by atoms with E-state index in [1.54, 1.807) is 23.9 Å². The van der Waals surface area contributed by atoms with E-state index >= 15 is 0 Å². The van der Waals surface area contributed by atoms with Crippen molar-refractivity contribution in [3.63, 3.8) is 0 Å². The van der Waals surface area contributed by atoms with Gasteiger partial charge in [-0.15, -0.1) is 0 Å². The second-order valence-electron chi connectivity index (χ2n) is 8.19. The highest BCUT2D eigenvalue weighted by Gasteiger charge is 2.27. The van der Waals surface area contributed by atoms with Crippen molar-refractivity contribution in [3.05, 3.63) is 53.1 Å². The second-order valence-corrected chi connectivity index (χ2v) is 11.5. The average Bonchev–Trinajstić information content (AvgIpc) is 3.47. The van der Waals surface area contributed by atoms with E-state index in [0.717, 1.165) is 40.7 Å². The van der Waals surface area contributed by atoms with Crippen LogP contribution in [0.1, 0.15) is 18.4 Å². The van der Waals surface area contributed by atoms with E-state index in [4.69, 9.17) is 26.1 Å². The van der Waals surface area contributed by atoms with Gasteiger partial charge in [-0.25, -0.2) is 13.4 Å². The van der Waals surface area contributed by atoms with Crippen LogP contribution in [0, 0.1) is 0 Å². The van der Waals surface area contributed by atoms with Crippen molar-refractivity contribution in [1.29, 1.82) is 0 Å². The Hall–Kier alpha value is -1.62. The summed E-state index contributed by atoms with van der Waals surface area (Å²) in [6, 6.07) is 13.0. The van der Waals surface area contributed by atoms with Crippen molar-refractivity contribution in [3.8, 4) is 0 Å². The summed E-state index contributed by atoms with van der Waals surface area (Å²) in [4.78, 5) is 5.10. The lowest BCUT2D eigenvalue weighted by atomic mass is 10.2. The van der Waals surface area contributed by atoms with Crippen LogP contribution in [0.3, 0.4) is 0 Å². The molecule has 0 N–H and O–H groups in total. The molecule has 2 aliphatic heterocycles. The number of hydrogen-bond acceptors (Lipinski definition) is 6. The summed E-state index contributed by atoms with van der Waals surface area (Å²) < 4.78 is 41.1. The molecule has 7 nitrogen and oxygen atoms in total. The van der Waals surface area contributed by atoms with Crippen LogP contribution in [0.2, 0.25) is 5.02 Å². The van der Waals surface area contributed by atoms with Crippen LogP contribution in [-0.2, 0) is 31.8 Å². The van der Waals surface area contributed by atoms with Gasteiger partial charge in [-0.2, -0.15) is 4.31 Å². The minimum absolute atomic E-state index is 0.138. The largest absolute Gasteiger partial charge is 0.379 e. The molecule has 176 valence electrons. The number of thioether (sulfide) groups is 1. The Morgan fingerprint density at radius 1 is 1.12 bits per heavy atom. The Morgan fingerprint density at radius 3 is 2.70 bits per heavy atom. The highest BCUT2D eigenvalue weighted by Crippen LogP contribution is 2.32. The van der Waals surface area contributed by atoms with Crippen LogP contribution in [0.15, 0.2) is 52.5 Å². The SMILES string of the molecule is O=S(=O)(c1ccc2c(c1)nc(SCc1ccccc1Cl)n2CC1CCCO1)N1CCOCC1. The fourth-order valence-electron chi connectivity index (χ4n) is 4.22. The maximum Gasteiger partial charge on any atom is 0.243 e. The topological polar surface area (TPSA) is 73.7 Å². The normalized spacial score (nSPS) is 20.0. The number of fused-ring (bicyclic) bond motifs is 1. The lowest BCUT2D eigenvalue weighted by Crippen LogP contribution is -2.40. The van der Waals surface area contributed by atoms with E-state index in [0.29, 0.717) is 44.1 Å². The summed E-state index contributed by atoms with van der Waals surface area (Å²) in [6.45, 7) is 3.04. The molecule has 3 heterocycles. The summed E-state index contributed by atoms with van der Waals surface area (Å²) in [7, 11) is -3.59. The molecule has 1 aromatic heterocycles. The molecule has 2 aliphatic rings. The first-order valence-corrected chi connectivity index (χ1v) is 13.9. The minimum Gasteiger partial charge on any atom is -0.379 e. The summed E-state index contributed by atoms with van der Waals surface area (Å²) in [5.74, 6) is 0.674. The Balaban J connectivity index is 1.48. The first kappa shape index (κ1) is 23.1. The van der Waals surface area contributed by atoms with E-state index in [1.807, 2.05) is 30.3 Å². The number of hydrogen-bond donors (Lipinski definition) is 0. The average molecular weight is 508 g/mol. The third-order valence-electron chi connectivity index (χ3n) is 6.02. The zero-order valence-electron chi connectivity index (χ0n) is 18.2. The van der Waals surface area contributed by atoms with Crippen molar-refractivity contribution in [2.24, 2.45) is 0 Å². The smallest absolute Gasteiger partial charge is 0.243 e. The molecule has 2 aromatic carbocycles. The van der Waals surface area contributed by atoms with Crippen molar-refractivity contribution in [2.45, 2.75) is 41.3 Å². The number of rotatable bonds is 7. The molecule has 0 spiro atoms. The van der Waals surface area contributed by atoms with Crippen LogP contribution >= 0.6 is 23.4 Å². The Kier molecular flexibility index (Phi) is 6.96. The maximum atomic E-state index is 13.1. The van der Waals surface area contributed by atoms with E-state index in [1.165, 1.54) is 4.31 Å². The number of sulfonamides is 1. The standard InChI is InChI=1S/C23H26ClN3O4S2/c24-20-6-2-1-4-17(20)16-32-23-25-21-14-19(33(28,29)26-9-12-30-13-10-26)7-8-22(21)27(23)15-18-5-3-11-31-18/h1-2,4,6-8,14,18H,3,5,9-13,15-16H2. The molecular formula is C23H26ClN3O4S2. The lowest BCUT2D eigenvalue weighted by Gasteiger charge is -2.26. The van der Waals surface area contributed by atoms with Gasteiger partial charge in [0.05, 0.1) is 41.8 Å². The number of morpholine rings is 1. The van der Waals surface area contributed by atoms with Crippen molar-refractivity contribution in [2.75, 3.05) is 32.9 Å². The number of aromatic nitrogens is 2. The van der Waals surface area contributed by atoms with E-state index < -0.39 is 10.0 Å². The molecule has 0 amide bonds. The first-order chi connectivity index (χ1) is 16.0. The Labute approximate surface area is 203 Å². The van der Waals surface area contributed by atoms with Gasteiger partial charge in [0.15, 0.2) is 5.16 Å². The maximum absolute atomic E-state index is 13.1. The fraction of sp³-hybridized carbons (Fsp3) is 0.435. The predicted molar refractivity (Wildman–Crippen MR) is 129 cm³/mol. The van der Waals surface area contributed by atoms with Crippen LogP contribution < -0.4 is 0 Å². The van der Waals surface area contributed by atoms with Gasteiger partial charge in [0.25, 0.3) is 0 Å². The molecule has 2 fully saturated rings. The molecule has 1 atom stereocenters. The Morgan fingerprint density at radius 2 is 1.94 bits per heavy atom. The lowest BCUT2D eigenvalue weighted by molar-refractivity contribution is 0.0730. The van der Waals surface area contributed by atoms with Gasteiger partial charge in [-0.3, -0.25) is 0 Å². The molecule has 0 saturated carbocycles. The number of nitrogens with zero attached hydrogens (tertiary/aromatic N) is 3. The van der Waals surface area contributed by atoms with Crippen LogP contribution in [-0.4, -0.2) is 61.3 Å². The summed E-state index contributed by atoms with van der Waals surface area (Å²) in [5.41, 5.74) is 2.62. The van der Waals surface area contributed by atoms with Gasteiger partial charge < -0.3 is 14.0 Å². The van der Waals surface area contributed by atoms with Gasteiger partial charge in [0, 0.05) is 30.5 Å². The zero-order chi connectivity index (χ0) is 22.8. The fourth-order valence-corrected chi connectivity index (χ4v) is 6.96. The highest BCUT2D eigenvalue weighted by atomic mass is 35.5. The molecule has 0 aliphatic carbocycles. The molecular weight excluding hydrogens is 482 g/mol. The van der Waals surface area contributed by atoms with Crippen molar-refractivity contribution >= 4 is 44.4 Å². The van der Waals surface area contributed by atoms with Crippen molar-refractivity contribution in [1.82, 2.24) is 13.9 Å². The van der Waals surface area contributed by atoms with Gasteiger partial charge in [0.2, 0.25) is 10.0 Å². The van der Waals surface area contributed by atoms with Crippen LogP contribution in [0.25, 0.3) is 11.0 Å². The van der Waals surface area contributed by atoms with Gasteiger partial charge in [-0.1, -0.05) is 41.6 Å². The quantitative estimate of drug-likeness (QED) is 0.447. The van der Waals surface area contributed by atoms with Crippen LogP contribution in [0.5, 0.6) is 0 Å². The number of ether oxygens (including phenoxy) is 2. The monoisotopic (exact) mass is 507 g/mol. The van der Waals surface area contributed by atoms with Gasteiger partial charge in [-0.05, 0) is 42.7 Å². The van der Waals surface area contributed by atoms with Crippen molar-refractivity contribution < 1.29 is 17.9 Å². The molecule has 1 unspecified atom stereocenters. The number of halogens is 1. The van der Waals surface area contributed by atoms with E-state index in [9.17, 15) is 8.42 Å². The molecule has 5 rings (SSSR count). The minimum atomic E-state index is -3.59.